The number of fused-ring (bicyclic) bond motifs is 1. The first-order valence-electron chi connectivity index (χ1n) is 8.14. The van der Waals surface area contributed by atoms with Gasteiger partial charge in [-0.1, -0.05) is 17.3 Å². The molecule has 4 rings (SSSR count). The Kier molecular flexibility index (Phi) is 3.98. The van der Waals surface area contributed by atoms with Crippen molar-refractivity contribution < 1.29 is 9.32 Å². The van der Waals surface area contributed by atoms with Crippen molar-refractivity contribution in [3.05, 3.63) is 66.1 Å². The molecule has 0 unspecified atom stereocenters. The molecule has 7 heteroatoms. The fourth-order valence-corrected chi connectivity index (χ4v) is 2.90. The van der Waals surface area contributed by atoms with Crippen LogP contribution in [0.1, 0.15) is 16.1 Å². The summed E-state index contributed by atoms with van der Waals surface area (Å²) in [5.41, 5.74) is 9.97. The highest BCUT2D eigenvalue weighted by atomic mass is 16.5. The number of hydrogen-bond donors (Lipinski definition) is 2. The number of para-hydroxylation sites is 2. The predicted molar refractivity (Wildman–Crippen MR) is 98.5 cm³/mol. The van der Waals surface area contributed by atoms with Crippen molar-refractivity contribution >= 4 is 22.6 Å². The Bertz CT molecular complexity index is 1080. The van der Waals surface area contributed by atoms with Crippen LogP contribution in [0.5, 0.6) is 0 Å². The van der Waals surface area contributed by atoms with Gasteiger partial charge in [-0.2, -0.15) is 0 Å². The van der Waals surface area contributed by atoms with Crippen LogP contribution in [-0.2, 0) is 13.6 Å². The Morgan fingerprint density at radius 1 is 1.19 bits per heavy atom. The second kappa shape index (κ2) is 6.45. The van der Waals surface area contributed by atoms with Gasteiger partial charge in [0, 0.05) is 24.8 Å². The Balaban J connectivity index is 1.58. The molecule has 0 saturated carbocycles. The van der Waals surface area contributed by atoms with Crippen LogP contribution < -0.4 is 11.1 Å². The Morgan fingerprint density at radius 3 is 2.69 bits per heavy atom. The van der Waals surface area contributed by atoms with Crippen molar-refractivity contribution in [1.82, 2.24) is 14.7 Å². The standard InChI is InChI=1S/C19H17N5O2/c1-24-17-5-3-2-4-15(17)22-18(24)12-6-8-13(9-7-12)21-19(25)14-11-26-23-16(14)10-20/h2-9,11H,10,20H2,1H3,(H,21,25). The lowest BCUT2D eigenvalue weighted by Gasteiger charge is -2.06. The van der Waals surface area contributed by atoms with Gasteiger partial charge >= 0.3 is 0 Å². The molecule has 0 fully saturated rings. The number of rotatable bonds is 4. The highest BCUT2D eigenvalue weighted by Crippen LogP contribution is 2.25. The second-order valence-electron chi connectivity index (χ2n) is 5.89. The van der Waals surface area contributed by atoms with Gasteiger partial charge in [0.25, 0.3) is 5.91 Å². The van der Waals surface area contributed by atoms with E-state index in [-0.39, 0.29) is 12.5 Å². The molecule has 0 bridgehead atoms. The van der Waals surface area contributed by atoms with E-state index in [2.05, 4.69) is 15.5 Å². The van der Waals surface area contributed by atoms with Crippen LogP contribution in [0, 0.1) is 0 Å². The number of carbonyl (C=O) groups is 1. The molecule has 2 aromatic carbocycles. The zero-order valence-electron chi connectivity index (χ0n) is 14.1. The first-order valence-corrected chi connectivity index (χ1v) is 8.14. The van der Waals surface area contributed by atoms with Crippen molar-refractivity contribution in [2.75, 3.05) is 5.32 Å². The largest absolute Gasteiger partial charge is 0.364 e. The molecule has 2 aromatic heterocycles. The first-order chi connectivity index (χ1) is 12.7. The van der Waals surface area contributed by atoms with Crippen LogP contribution >= 0.6 is 0 Å². The molecular weight excluding hydrogens is 330 g/mol. The van der Waals surface area contributed by atoms with E-state index in [9.17, 15) is 4.79 Å². The number of nitrogens with two attached hydrogens (primary N) is 1. The third kappa shape index (κ3) is 2.74. The van der Waals surface area contributed by atoms with Gasteiger partial charge in [-0.15, -0.1) is 0 Å². The number of nitrogens with one attached hydrogen (secondary N) is 1. The van der Waals surface area contributed by atoms with Crippen molar-refractivity contribution in [2.45, 2.75) is 6.54 Å². The molecule has 7 nitrogen and oxygen atoms in total. The zero-order chi connectivity index (χ0) is 18.1. The summed E-state index contributed by atoms with van der Waals surface area (Å²) in [5, 5.41) is 6.53. The van der Waals surface area contributed by atoms with E-state index in [1.807, 2.05) is 60.1 Å². The van der Waals surface area contributed by atoms with Gasteiger partial charge in [0.2, 0.25) is 0 Å². The Morgan fingerprint density at radius 2 is 1.96 bits per heavy atom. The van der Waals surface area contributed by atoms with Crippen LogP contribution in [0.15, 0.2) is 59.3 Å². The van der Waals surface area contributed by atoms with Gasteiger partial charge < -0.3 is 20.1 Å². The molecule has 26 heavy (non-hydrogen) atoms. The summed E-state index contributed by atoms with van der Waals surface area (Å²) < 4.78 is 6.86. The highest BCUT2D eigenvalue weighted by molar-refractivity contribution is 6.04. The predicted octanol–water partition coefficient (Wildman–Crippen LogP) is 2.94. The number of hydrogen-bond acceptors (Lipinski definition) is 5. The van der Waals surface area contributed by atoms with Crippen LogP contribution in [0.4, 0.5) is 5.69 Å². The molecule has 1 amide bonds. The lowest BCUT2D eigenvalue weighted by atomic mass is 10.2. The number of amides is 1. The van der Waals surface area contributed by atoms with Crippen molar-refractivity contribution in [3.8, 4) is 11.4 Å². The topological polar surface area (TPSA) is 99.0 Å². The normalized spacial score (nSPS) is 11.0. The molecule has 2 heterocycles. The van der Waals surface area contributed by atoms with Crippen molar-refractivity contribution in [1.29, 1.82) is 0 Å². The molecule has 0 radical (unpaired) electrons. The molecule has 130 valence electrons. The van der Waals surface area contributed by atoms with E-state index < -0.39 is 0 Å². The third-order valence-electron chi connectivity index (χ3n) is 4.27. The van der Waals surface area contributed by atoms with Crippen LogP contribution in [-0.4, -0.2) is 20.6 Å². The minimum atomic E-state index is -0.304. The molecule has 4 aromatic rings. The smallest absolute Gasteiger partial charge is 0.260 e. The number of aryl methyl sites for hydroxylation is 1. The summed E-state index contributed by atoms with van der Waals surface area (Å²) in [7, 11) is 1.99. The second-order valence-corrected chi connectivity index (χ2v) is 5.89. The van der Waals surface area contributed by atoms with Gasteiger partial charge in [-0.25, -0.2) is 4.98 Å². The number of nitrogens with zero attached hydrogens (tertiary/aromatic N) is 3. The Hall–Kier alpha value is -3.45. The quantitative estimate of drug-likeness (QED) is 0.591. The highest BCUT2D eigenvalue weighted by Gasteiger charge is 2.15. The van der Waals surface area contributed by atoms with Gasteiger partial charge in [0.15, 0.2) is 0 Å². The number of carbonyl (C=O) groups excluding carboxylic acids is 1. The van der Waals surface area contributed by atoms with Gasteiger partial charge in [-0.3, -0.25) is 4.79 Å². The van der Waals surface area contributed by atoms with E-state index in [1.54, 1.807) is 0 Å². The van der Waals surface area contributed by atoms with Gasteiger partial charge in [-0.05, 0) is 36.4 Å². The third-order valence-corrected chi connectivity index (χ3v) is 4.27. The monoisotopic (exact) mass is 347 g/mol. The minimum absolute atomic E-state index is 0.144. The summed E-state index contributed by atoms with van der Waals surface area (Å²) >= 11 is 0. The summed E-state index contributed by atoms with van der Waals surface area (Å²) in [6.45, 7) is 0.144. The molecule has 3 N–H and O–H groups in total. The van der Waals surface area contributed by atoms with E-state index >= 15 is 0 Å². The van der Waals surface area contributed by atoms with E-state index in [4.69, 9.17) is 10.3 Å². The molecule has 0 aliphatic carbocycles. The maximum absolute atomic E-state index is 12.3. The number of anilines is 1. The minimum Gasteiger partial charge on any atom is -0.364 e. The van der Waals surface area contributed by atoms with Gasteiger partial charge in [0.1, 0.15) is 23.3 Å². The fraction of sp³-hybridized carbons (Fsp3) is 0.105. The van der Waals surface area contributed by atoms with Crippen LogP contribution in [0.2, 0.25) is 0 Å². The molecule has 0 aliphatic rings. The fourth-order valence-electron chi connectivity index (χ4n) is 2.90. The average molecular weight is 347 g/mol. The van der Waals surface area contributed by atoms with E-state index in [1.165, 1.54) is 6.26 Å². The lowest BCUT2D eigenvalue weighted by molar-refractivity contribution is 0.102. The van der Waals surface area contributed by atoms with Crippen molar-refractivity contribution in [3.63, 3.8) is 0 Å². The molecular formula is C19H17N5O2. The van der Waals surface area contributed by atoms with Crippen molar-refractivity contribution in [2.24, 2.45) is 12.8 Å². The molecule has 0 aliphatic heterocycles. The molecule has 0 spiro atoms. The lowest BCUT2D eigenvalue weighted by Crippen LogP contribution is -2.14. The zero-order valence-corrected chi connectivity index (χ0v) is 14.1. The van der Waals surface area contributed by atoms with Crippen LogP contribution in [0.3, 0.4) is 0 Å². The number of benzene rings is 2. The van der Waals surface area contributed by atoms with Crippen LogP contribution in [0.25, 0.3) is 22.4 Å². The molecule has 0 atom stereocenters. The first kappa shape index (κ1) is 16.0. The average Bonchev–Trinajstić information content (AvgIpc) is 3.27. The number of imidazole rings is 1. The summed E-state index contributed by atoms with van der Waals surface area (Å²) in [4.78, 5) is 17.0. The molecule has 0 saturated heterocycles. The SMILES string of the molecule is Cn1c(-c2ccc(NC(=O)c3conc3CN)cc2)nc2ccccc21. The Labute approximate surface area is 149 Å². The van der Waals surface area contributed by atoms with E-state index in [0.29, 0.717) is 16.9 Å². The number of aromatic nitrogens is 3. The van der Waals surface area contributed by atoms with E-state index in [0.717, 1.165) is 22.4 Å². The summed E-state index contributed by atoms with van der Waals surface area (Å²) in [5.74, 6) is 0.565. The van der Waals surface area contributed by atoms with Gasteiger partial charge in [0.05, 0.1) is 11.0 Å². The maximum Gasteiger partial charge on any atom is 0.260 e. The summed E-state index contributed by atoms with van der Waals surface area (Å²) in [6.07, 6.45) is 1.30. The summed E-state index contributed by atoms with van der Waals surface area (Å²) in [6, 6.07) is 15.5. The maximum atomic E-state index is 12.3.